The monoisotopic (exact) mass is 742 g/mol. The molecule has 0 aliphatic carbocycles. The van der Waals surface area contributed by atoms with Crippen molar-refractivity contribution in [1.29, 1.82) is 0 Å². The largest absolute Gasteiger partial charge is 0.312 e. The molecule has 2 N–H and O–H groups in total. The molecule has 4 atom stereocenters. The smallest absolute Gasteiger partial charge is 0.173 e. The van der Waals surface area contributed by atoms with E-state index in [0.717, 1.165) is 75.3 Å². The lowest BCUT2D eigenvalue weighted by molar-refractivity contribution is 0.245. The number of rotatable bonds is 5. The number of imidazole rings is 1. The van der Waals surface area contributed by atoms with E-state index < -0.39 is 0 Å². The van der Waals surface area contributed by atoms with E-state index in [9.17, 15) is 8.78 Å². The molecule has 4 unspecified atom stereocenters. The highest BCUT2D eigenvalue weighted by Crippen LogP contribution is 2.44. The summed E-state index contributed by atoms with van der Waals surface area (Å²) in [5.41, 5.74) is 3.35. The Bertz CT molecular complexity index is 2330. The number of aromatic nitrogens is 6. The predicted octanol–water partition coefficient (Wildman–Crippen LogP) is 8.86. The van der Waals surface area contributed by atoms with Crippen molar-refractivity contribution in [2.24, 2.45) is 7.05 Å². The van der Waals surface area contributed by atoms with Crippen molar-refractivity contribution in [1.82, 2.24) is 39.8 Å². The summed E-state index contributed by atoms with van der Waals surface area (Å²) in [6, 6.07) is 10.5. The third-order valence-electron chi connectivity index (χ3n) is 10.2. The summed E-state index contributed by atoms with van der Waals surface area (Å²) in [6.07, 6.45) is 9.89. The topological polar surface area (TPSA) is 85.0 Å². The highest BCUT2D eigenvalue weighted by atomic mass is 32.1. The van der Waals surface area contributed by atoms with Crippen molar-refractivity contribution < 1.29 is 8.78 Å². The predicted molar refractivity (Wildman–Crippen MR) is 201 cm³/mol. The van der Waals surface area contributed by atoms with Crippen molar-refractivity contribution >= 4 is 81.0 Å². The van der Waals surface area contributed by atoms with Gasteiger partial charge < -0.3 is 15.0 Å². The first-order valence-electron chi connectivity index (χ1n) is 16.9. The van der Waals surface area contributed by atoms with Crippen LogP contribution >= 0.6 is 45.3 Å². The van der Waals surface area contributed by atoms with Crippen molar-refractivity contribution in [3.05, 3.63) is 76.0 Å². The van der Waals surface area contributed by atoms with Crippen molar-refractivity contribution in [2.75, 3.05) is 13.1 Å². The van der Waals surface area contributed by atoms with Crippen LogP contribution in [0.25, 0.3) is 56.8 Å². The zero-order valence-electron chi connectivity index (χ0n) is 27.2. The maximum atomic E-state index is 14.8. The maximum absolute atomic E-state index is 14.8. The van der Waals surface area contributed by atoms with Crippen LogP contribution in [0.2, 0.25) is 0 Å². The van der Waals surface area contributed by atoms with Gasteiger partial charge in [-0.3, -0.25) is 4.68 Å². The molecule has 2 fully saturated rings. The van der Waals surface area contributed by atoms with E-state index in [2.05, 4.69) is 32.8 Å². The van der Waals surface area contributed by atoms with Crippen LogP contribution in [0.5, 0.6) is 0 Å². The molecule has 1 aromatic carbocycles. The minimum atomic E-state index is -0.327. The fourth-order valence-electron chi connectivity index (χ4n) is 7.81. The second kappa shape index (κ2) is 12.0. The molecular formula is C36H32F2N8S4. The number of hydrogen-bond donors (Lipinski definition) is 2. The van der Waals surface area contributed by atoms with Gasteiger partial charge in [-0.15, -0.1) is 45.3 Å². The summed E-state index contributed by atoms with van der Waals surface area (Å²) in [4.78, 5) is 19.0. The molecule has 0 amide bonds. The zero-order valence-corrected chi connectivity index (χ0v) is 30.5. The van der Waals surface area contributed by atoms with Gasteiger partial charge in [0.25, 0.3) is 0 Å². The molecule has 2 aliphatic rings. The Labute approximate surface area is 301 Å². The van der Waals surface area contributed by atoms with Gasteiger partial charge in [-0.2, -0.15) is 5.10 Å². The van der Waals surface area contributed by atoms with Crippen molar-refractivity contribution in [2.45, 2.75) is 56.5 Å². The molecule has 7 aromatic heterocycles. The Morgan fingerprint density at radius 2 is 1.34 bits per heavy atom. The summed E-state index contributed by atoms with van der Waals surface area (Å²) in [7, 11) is 1.81. The molecule has 0 spiro atoms. The van der Waals surface area contributed by atoms with E-state index in [1.54, 1.807) is 72.8 Å². The molecule has 0 bridgehead atoms. The van der Waals surface area contributed by atoms with Gasteiger partial charge in [0.15, 0.2) is 11.5 Å². The summed E-state index contributed by atoms with van der Waals surface area (Å²) in [5.74, 6) is 0.393. The molecule has 2 aliphatic heterocycles. The molecule has 254 valence electrons. The number of thiophene rings is 2. The van der Waals surface area contributed by atoms with Crippen LogP contribution in [0.3, 0.4) is 0 Å². The van der Waals surface area contributed by atoms with Crippen LogP contribution in [0.4, 0.5) is 8.78 Å². The number of pyridine rings is 1. The Kier molecular flexibility index (Phi) is 7.44. The third-order valence-corrected chi connectivity index (χ3v) is 14.9. The van der Waals surface area contributed by atoms with Crippen molar-refractivity contribution in [3.8, 4) is 21.1 Å². The number of piperidine rings is 2. The Balaban J connectivity index is 0.835. The average molecular weight is 743 g/mol. The molecular weight excluding hydrogens is 711 g/mol. The molecule has 8 nitrogen and oxygen atoms in total. The minimum absolute atomic E-state index is 0.262. The van der Waals surface area contributed by atoms with E-state index >= 15 is 0 Å². The van der Waals surface area contributed by atoms with Gasteiger partial charge in [-0.1, -0.05) is 0 Å². The number of nitrogens with one attached hydrogen (secondary N) is 2. The molecule has 2 saturated heterocycles. The van der Waals surface area contributed by atoms with Gasteiger partial charge in [0.05, 0.1) is 26.0 Å². The van der Waals surface area contributed by atoms with E-state index in [1.807, 2.05) is 32.4 Å². The summed E-state index contributed by atoms with van der Waals surface area (Å²) >= 11 is 6.86. The van der Waals surface area contributed by atoms with Crippen LogP contribution in [-0.2, 0) is 7.05 Å². The summed E-state index contributed by atoms with van der Waals surface area (Å²) < 4.78 is 35.3. The number of benzene rings is 1. The lowest BCUT2D eigenvalue weighted by Crippen LogP contribution is -2.53. The van der Waals surface area contributed by atoms with Crippen LogP contribution in [0.15, 0.2) is 48.9 Å². The van der Waals surface area contributed by atoms with Crippen molar-refractivity contribution in [3.63, 3.8) is 0 Å². The number of hydrogen-bond acceptors (Lipinski definition) is 10. The lowest BCUT2D eigenvalue weighted by Gasteiger charge is -2.39. The fraction of sp³-hybridized carbons (Fsp3) is 0.333. The molecule has 0 saturated carbocycles. The Hall–Kier alpha value is -3.66. The van der Waals surface area contributed by atoms with Gasteiger partial charge in [0, 0.05) is 58.6 Å². The zero-order chi connectivity index (χ0) is 33.7. The highest BCUT2D eigenvalue weighted by molar-refractivity contribution is 7.29. The maximum Gasteiger partial charge on any atom is 0.173 e. The molecule has 14 heteroatoms. The molecule has 9 heterocycles. The van der Waals surface area contributed by atoms with Crippen LogP contribution < -0.4 is 10.6 Å². The van der Waals surface area contributed by atoms with E-state index in [0.29, 0.717) is 40.5 Å². The molecule has 8 aromatic rings. The van der Waals surface area contributed by atoms with E-state index in [4.69, 9.17) is 9.97 Å². The molecule has 10 rings (SSSR count). The van der Waals surface area contributed by atoms with Gasteiger partial charge in [0.1, 0.15) is 25.5 Å². The first-order valence-corrected chi connectivity index (χ1v) is 20.1. The Morgan fingerprint density at radius 1 is 0.720 bits per heavy atom. The number of thiazole rings is 2. The van der Waals surface area contributed by atoms with Gasteiger partial charge in [-0.25, -0.2) is 23.7 Å². The van der Waals surface area contributed by atoms with Gasteiger partial charge in [0.2, 0.25) is 0 Å². The first kappa shape index (κ1) is 31.1. The van der Waals surface area contributed by atoms with E-state index in [-0.39, 0.29) is 11.6 Å². The molecule has 50 heavy (non-hydrogen) atoms. The van der Waals surface area contributed by atoms with Crippen LogP contribution in [-0.4, -0.2) is 54.3 Å². The van der Waals surface area contributed by atoms with Crippen LogP contribution in [0, 0.1) is 18.6 Å². The van der Waals surface area contributed by atoms with Crippen LogP contribution in [0.1, 0.15) is 53.0 Å². The summed E-state index contributed by atoms with van der Waals surface area (Å²) in [5, 5.41) is 14.3. The summed E-state index contributed by atoms with van der Waals surface area (Å²) in [6.45, 7) is 3.87. The minimum Gasteiger partial charge on any atom is -0.312 e. The average Bonchev–Trinajstić information content (AvgIpc) is 3.94. The third kappa shape index (κ3) is 5.39. The quantitative estimate of drug-likeness (QED) is 0.183. The first-order chi connectivity index (χ1) is 24.3. The fourth-order valence-corrected chi connectivity index (χ4v) is 12.5. The second-order valence-electron chi connectivity index (χ2n) is 13.6. The second-order valence-corrected chi connectivity index (χ2v) is 17.8. The number of fused-ring (bicyclic) bond motifs is 4. The van der Waals surface area contributed by atoms with E-state index in [1.165, 1.54) is 19.2 Å². The van der Waals surface area contributed by atoms with Gasteiger partial charge >= 0.3 is 0 Å². The molecule has 0 radical (unpaired) electrons. The lowest BCUT2D eigenvalue weighted by atomic mass is 9.81. The highest BCUT2D eigenvalue weighted by Gasteiger charge is 2.34. The SMILES string of the molecule is Cc1cn2cc(-c3nc4sc(C5CCNC(C6CC(c7cc8sc(-c9cc(F)c%10cn(C)nc%10c9)nc8s7)CCN6)C5)cc4s3)cc(F)c2n1. The normalized spacial score (nSPS) is 21.8. The van der Waals surface area contributed by atoms with Gasteiger partial charge in [-0.05, 0) is 87.9 Å². The number of aryl methyl sites for hydroxylation is 2. The Morgan fingerprint density at radius 3 is 1.98 bits per heavy atom. The standard InChI is InChI=1S/C36H32F2N8S4/c1-17-14-46-15-21(8-24(38)32(46)41-17)34-43-36-31(50-34)13-29(48-36)19-4-6-40-27(10-19)26-9-18(3-5-39-26)28-12-30-35(47-28)42-33(49-30)20-7-23(37)22-16-45(2)44-25(22)11-20/h7-8,11-16,18-19,26-27,39-40H,3-6,9-10H2,1-2H3. The number of halogens is 2. The number of nitrogens with zero attached hydrogens (tertiary/aromatic N) is 6.